The van der Waals surface area contributed by atoms with Crippen molar-refractivity contribution >= 4 is 10.0 Å². The molecule has 1 unspecified atom stereocenters. The van der Waals surface area contributed by atoms with Crippen LogP contribution in [-0.2, 0) is 29.7 Å². The molecule has 32 heavy (non-hydrogen) atoms. The quantitative estimate of drug-likeness (QED) is 0.547. The van der Waals surface area contributed by atoms with Crippen molar-refractivity contribution in [2.24, 2.45) is 0 Å². The van der Waals surface area contributed by atoms with E-state index in [2.05, 4.69) is 5.10 Å². The molecule has 1 atom stereocenters. The Morgan fingerprint density at radius 1 is 0.969 bits per heavy atom. The monoisotopic (exact) mass is 456 g/mol. The fourth-order valence-electron chi connectivity index (χ4n) is 4.15. The van der Waals surface area contributed by atoms with Crippen LogP contribution >= 0.6 is 0 Å². The number of sulfonamides is 1. The molecule has 1 aromatic heterocycles. The van der Waals surface area contributed by atoms with Crippen LogP contribution in [0.4, 0.5) is 4.39 Å². The Labute approximate surface area is 187 Å². The molecule has 0 saturated carbocycles. The predicted molar refractivity (Wildman–Crippen MR) is 117 cm³/mol. The van der Waals surface area contributed by atoms with Crippen molar-refractivity contribution in [2.45, 2.75) is 36.7 Å². The predicted octanol–water partition coefficient (Wildman–Crippen LogP) is 2.69. The molecule has 9 heteroatoms. The number of halogens is 1. The van der Waals surface area contributed by atoms with Crippen molar-refractivity contribution in [2.75, 3.05) is 19.7 Å². The van der Waals surface area contributed by atoms with E-state index in [9.17, 15) is 12.8 Å². The number of ether oxygens (including phenoxy) is 1. The summed E-state index contributed by atoms with van der Waals surface area (Å²) in [6, 6.07) is 19.0. The highest BCUT2D eigenvalue weighted by Gasteiger charge is 2.38. The van der Waals surface area contributed by atoms with Crippen LogP contribution in [-0.4, -0.2) is 59.3 Å². The molecule has 0 aliphatic carbocycles. The van der Waals surface area contributed by atoms with Crippen molar-refractivity contribution in [1.29, 1.82) is 0 Å². The molecule has 168 valence electrons. The van der Waals surface area contributed by atoms with Crippen molar-refractivity contribution < 1.29 is 17.5 Å². The third-order valence-corrected chi connectivity index (χ3v) is 7.73. The molecule has 5 rings (SSSR count). The van der Waals surface area contributed by atoms with Gasteiger partial charge >= 0.3 is 0 Å². The van der Waals surface area contributed by atoms with Gasteiger partial charge in [0.25, 0.3) is 10.0 Å². The summed E-state index contributed by atoms with van der Waals surface area (Å²) in [4.78, 5) is 2.07. The largest absolute Gasteiger partial charge is 0.475 e. The number of hydrogen-bond acceptors (Lipinski definition) is 5. The Hall–Kier alpha value is -2.75. The number of hydrogen-bond donors (Lipinski definition) is 0. The van der Waals surface area contributed by atoms with Gasteiger partial charge in [0, 0.05) is 26.2 Å². The van der Waals surface area contributed by atoms with E-state index in [1.165, 1.54) is 10.5 Å². The molecule has 3 heterocycles. The van der Waals surface area contributed by atoms with E-state index in [0.29, 0.717) is 26.2 Å². The fraction of sp³-hybridized carbons (Fsp3) is 0.348. The number of nitrogens with zero attached hydrogens (tertiary/aromatic N) is 4. The Morgan fingerprint density at radius 2 is 1.56 bits per heavy atom. The zero-order valence-corrected chi connectivity index (χ0v) is 18.4. The summed E-state index contributed by atoms with van der Waals surface area (Å²) in [6.07, 6.45) is 0.568. The lowest BCUT2D eigenvalue weighted by molar-refractivity contribution is -0.0114. The first-order valence-electron chi connectivity index (χ1n) is 10.7. The molecule has 0 bridgehead atoms. The Morgan fingerprint density at radius 3 is 2.12 bits per heavy atom. The van der Waals surface area contributed by atoms with Gasteiger partial charge in [-0.15, -0.1) is 0 Å². The minimum absolute atomic E-state index is 0.00491. The molecule has 0 amide bonds. The zero-order chi connectivity index (χ0) is 22.1. The first-order chi connectivity index (χ1) is 15.5. The van der Waals surface area contributed by atoms with E-state index in [1.807, 2.05) is 65.6 Å². The summed E-state index contributed by atoms with van der Waals surface area (Å²) < 4.78 is 49.6. The minimum Gasteiger partial charge on any atom is -0.475 e. The van der Waals surface area contributed by atoms with Crippen molar-refractivity contribution in [3.8, 4) is 5.88 Å². The molecular weight excluding hydrogens is 431 g/mol. The summed E-state index contributed by atoms with van der Waals surface area (Å²) in [5.41, 5.74) is 1.79. The fourth-order valence-corrected chi connectivity index (χ4v) is 5.63. The van der Waals surface area contributed by atoms with Crippen LogP contribution in [0.3, 0.4) is 0 Å². The molecule has 0 N–H and O–H groups in total. The van der Waals surface area contributed by atoms with Gasteiger partial charge in [-0.25, -0.2) is 17.5 Å². The summed E-state index contributed by atoms with van der Waals surface area (Å²) in [7, 11) is -3.88. The Balaban J connectivity index is 1.42. The molecule has 2 aromatic carbocycles. The maximum absolute atomic E-state index is 13.7. The van der Waals surface area contributed by atoms with Gasteiger partial charge in [0.1, 0.15) is 12.8 Å². The maximum Gasteiger partial charge on any atom is 0.250 e. The normalized spacial score (nSPS) is 19.4. The lowest BCUT2D eigenvalue weighted by atomic mass is 10.1. The zero-order valence-electron chi connectivity index (χ0n) is 17.5. The first kappa shape index (κ1) is 21.1. The molecule has 7 nitrogen and oxygen atoms in total. The van der Waals surface area contributed by atoms with Gasteiger partial charge in [0.05, 0.1) is 18.8 Å². The first-order valence-corrected chi connectivity index (χ1v) is 12.1. The molecule has 3 aromatic rings. The van der Waals surface area contributed by atoms with Crippen LogP contribution in [0.5, 0.6) is 5.88 Å². The van der Waals surface area contributed by atoms with E-state index < -0.39 is 16.2 Å². The van der Waals surface area contributed by atoms with E-state index in [1.54, 1.807) is 4.68 Å². The van der Waals surface area contributed by atoms with Gasteiger partial charge in [0.15, 0.2) is 4.90 Å². The van der Waals surface area contributed by atoms with Crippen molar-refractivity contribution in [3.63, 3.8) is 0 Å². The maximum atomic E-state index is 13.7. The van der Waals surface area contributed by atoms with E-state index in [-0.39, 0.29) is 29.9 Å². The molecular formula is C23H25FN4O3S. The number of rotatable bonds is 7. The minimum atomic E-state index is -3.88. The number of likely N-dealkylation sites (tertiary alicyclic amines) is 1. The lowest BCUT2D eigenvalue weighted by Gasteiger charge is -2.42. The van der Waals surface area contributed by atoms with E-state index in [4.69, 9.17) is 4.74 Å². The van der Waals surface area contributed by atoms with Gasteiger partial charge < -0.3 is 4.74 Å². The van der Waals surface area contributed by atoms with Crippen LogP contribution in [0.1, 0.15) is 11.1 Å². The van der Waals surface area contributed by atoms with E-state index >= 15 is 0 Å². The molecule has 2 aliphatic heterocycles. The second-order valence-electron chi connectivity index (χ2n) is 8.26. The van der Waals surface area contributed by atoms with E-state index in [0.717, 1.165) is 11.1 Å². The van der Waals surface area contributed by atoms with Gasteiger partial charge in [-0.1, -0.05) is 60.7 Å². The highest BCUT2D eigenvalue weighted by molar-refractivity contribution is 7.89. The number of fused-ring (bicyclic) bond motifs is 1. The van der Waals surface area contributed by atoms with Crippen LogP contribution in [0.15, 0.2) is 71.8 Å². The van der Waals surface area contributed by atoms with Gasteiger partial charge in [-0.3, -0.25) is 4.90 Å². The average molecular weight is 457 g/mol. The average Bonchev–Trinajstić information content (AvgIpc) is 3.22. The van der Waals surface area contributed by atoms with Gasteiger partial charge in [-0.05, 0) is 11.1 Å². The SMILES string of the molecule is O=S(=O)(c1cnn2c1OCC(N1CC(F)C1)C2)N(Cc1ccccc1)Cc1ccccc1. The summed E-state index contributed by atoms with van der Waals surface area (Å²) in [5.74, 6) is 0.254. The Bertz CT molecular complexity index is 1120. The summed E-state index contributed by atoms with van der Waals surface area (Å²) >= 11 is 0. The molecule has 0 radical (unpaired) electrons. The second kappa shape index (κ2) is 8.65. The van der Waals surface area contributed by atoms with Gasteiger partial charge in [0.2, 0.25) is 5.88 Å². The Kier molecular flexibility index (Phi) is 5.71. The molecule has 2 aliphatic rings. The smallest absolute Gasteiger partial charge is 0.250 e. The van der Waals surface area contributed by atoms with Gasteiger partial charge in [-0.2, -0.15) is 9.40 Å². The van der Waals surface area contributed by atoms with Crippen molar-refractivity contribution in [1.82, 2.24) is 19.0 Å². The molecule has 0 spiro atoms. The molecule has 1 saturated heterocycles. The second-order valence-corrected chi connectivity index (χ2v) is 10.2. The number of alkyl halides is 1. The summed E-state index contributed by atoms with van der Waals surface area (Å²) in [6.45, 7) is 2.04. The van der Waals surface area contributed by atoms with Crippen LogP contribution in [0.2, 0.25) is 0 Å². The van der Waals surface area contributed by atoms with Crippen LogP contribution in [0.25, 0.3) is 0 Å². The highest BCUT2D eigenvalue weighted by Crippen LogP contribution is 2.32. The standard InChI is InChI=1S/C23H25FN4O3S/c24-20-14-26(15-20)21-16-28-23(31-17-21)22(11-25-28)32(29,30)27(12-18-7-3-1-4-8-18)13-19-9-5-2-6-10-19/h1-11,20-21H,12-17H2. The molecule has 1 fully saturated rings. The van der Waals surface area contributed by atoms with Crippen molar-refractivity contribution in [3.05, 3.63) is 78.0 Å². The number of benzene rings is 2. The third-order valence-electron chi connectivity index (χ3n) is 5.96. The topological polar surface area (TPSA) is 67.7 Å². The van der Waals surface area contributed by atoms with Crippen LogP contribution in [0, 0.1) is 0 Å². The third kappa shape index (κ3) is 4.15. The number of aromatic nitrogens is 2. The summed E-state index contributed by atoms with van der Waals surface area (Å²) in [5, 5.41) is 4.29. The highest BCUT2D eigenvalue weighted by atomic mass is 32.2. The lowest BCUT2D eigenvalue weighted by Crippen LogP contribution is -2.57. The van der Waals surface area contributed by atoms with Crippen LogP contribution < -0.4 is 4.74 Å².